The van der Waals surface area contributed by atoms with E-state index < -0.39 is 11.5 Å². The normalized spacial score (nSPS) is 18.7. The lowest BCUT2D eigenvalue weighted by Crippen LogP contribution is -2.36. The van der Waals surface area contributed by atoms with Gasteiger partial charge >= 0.3 is 0 Å². The van der Waals surface area contributed by atoms with Gasteiger partial charge in [-0.1, -0.05) is 18.2 Å². The summed E-state index contributed by atoms with van der Waals surface area (Å²) < 4.78 is 1.36. The van der Waals surface area contributed by atoms with E-state index >= 15 is 0 Å². The molecule has 0 radical (unpaired) electrons. The molecular weight excluding hydrogens is 332 g/mol. The number of amides is 1. The molecule has 1 atom stereocenters. The average molecular weight is 350 g/mol. The van der Waals surface area contributed by atoms with Crippen molar-refractivity contribution in [3.8, 4) is 5.95 Å². The highest BCUT2D eigenvalue weighted by molar-refractivity contribution is 6.08. The predicted molar refractivity (Wildman–Crippen MR) is 95.8 cm³/mol. The summed E-state index contributed by atoms with van der Waals surface area (Å²) in [5, 5.41) is 18.4. The number of nitrogens with one attached hydrogen (secondary N) is 1. The fraction of sp³-hybridized carbons (Fsp3) is 0.222. The van der Waals surface area contributed by atoms with Crippen molar-refractivity contribution in [3.05, 3.63) is 58.5 Å². The molecule has 1 amide bonds. The first-order valence-corrected chi connectivity index (χ1v) is 8.14. The number of carbonyl (C=O) groups is 1. The van der Waals surface area contributed by atoms with E-state index in [0.29, 0.717) is 22.9 Å². The van der Waals surface area contributed by atoms with Crippen molar-refractivity contribution < 1.29 is 9.90 Å². The molecule has 0 spiro atoms. The van der Waals surface area contributed by atoms with Crippen molar-refractivity contribution in [2.24, 2.45) is 0 Å². The number of aryl methyl sites for hydroxylation is 3. The van der Waals surface area contributed by atoms with E-state index in [1.54, 1.807) is 31.2 Å². The smallest absolute Gasteiger partial charge is 0.266 e. The fourth-order valence-electron chi connectivity index (χ4n) is 3.44. The number of carbonyl (C=O) groups excluding carboxylic acids is 1. The number of para-hydroxylation sites is 1. The summed E-state index contributed by atoms with van der Waals surface area (Å²) in [5.41, 5.74) is 7.59. The summed E-state index contributed by atoms with van der Waals surface area (Å²) in [6.45, 7) is 5.39. The molecule has 0 fully saturated rings. The number of hydrogen-bond donors (Lipinski definition) is 3. The minimum atomic E-state index is -1.91. The summed E-state index contributed by atoms with van der Waals surface area (Å²) in [5.74, 6) is -0.138. The van der Waals surface area contributed by atoms with E-state index in [-0.39, 0.29) is 11.4 Å². The number of anilines is 2. The van der Waals surface area contributed by atoms with Crippen LogP contribution in [0.2, 0.25) is 0 Å². The van der Waals surface area contributed by atoms with Gasteiger partial charge in [0.05, 0.1) is 11.3 Å². The first kappa shape index (κ1) is 16.2. The Labute approximate surface area is 149 Å². The van der Waals surface area contributed by atoms with Crippen LogP contribution in [0.25, 0.3) is 5.95 Å². The van der Waals surface area contributed by atoms with Crippen molar-refractivity contribution in [1.82, 2.24) is 19.7 Å². The van der Waals surface area contributed by atoms with E-state index in [1.807, 2.05) is 19.9 Å². The maximum Gasteiger partial charge on any atom is 0.266 e. The number of nitrogens with two attached hydrogens (primary N) is 1. The SMILES string of the molecule is Cc1cc(C)nc(-n2nc(C)c([C@]3(O)C(=O)Nc4ccccc43)c2N)n1. The third kappa shape index (κ3) is 2.12. The molecular formula is C18H18N6O2. The Morgan fingerprint density at radius 3 is 2.50 bits per heavy atom. The maximum atomic E-state index is 12.6. The van der Waals surface area contributed by atoms with Crippen LogP contribution in [0.4, 0.5) is 11.5 Å². The van der Waals surface area contributed by atoms with Gasteiger partial charge in [-0.3, -0.25) is 4.79 Å². The molecule has 2 aromatic heterocycles. The molecule has 0 unspecified atom stereocenters. The second-order valence-electron chi connectivity index (χ2n) is 6.42. The summed E-state index contributed by atoms with van der Waals surface area (Å²) in [7, 11) is 0. The number of aliphatic hydroxyl groups is 1. The van der Waals surface area contributed by atoms with E-state index in [1.165, 1.54) is 4.68 Å². The molecule has 4 rings (SSSR count). The van der Waals surface area contributed by atoms with Gasteiger partial charge in [-0.2, -0.15) is 9.78 Å². The molecule has 132 valence electrons. The molecule has 0 saturated heterocycles. The van der Waals surface area contributed by atoms with E-state index in [2.05, 4.69) is 20.4 Å². The van der Waals surface area contributed by atoms with Gasteiger partial charge in [-0.25, -0.2) is 9.97 Å². The Hall–Kier alpha value is -3.26. The van der Waals surface area contributed by atoms with Crippen molar-refractivity contribution in [3.63, 3.8) is 0 Å². The van der Waals surface area contributed by atoms with Crippen molar-refractivity contribution >= 4 is 17.4 Å². The zero-order chi connectivity index (χ0) is 18.6. The van der Waals surface area contributed by atoms with E-state index in [9.17, 15) is 9.90 Å². The molecule has 1 aliphatic rings. The van der Waals surface area contributed by atoms with Gasteiger partial charge in [0.25, 0.3) is 11.9 Å². The third-order valence-corrected chi connectivity index (χ3v) is 4.51. The minimum Gasteiger partial charge on any atom is -0.383 e. The van der Waals surface area contributed by atoms with Crippen LogP contribution in [0.3, 0.4) is 0 Å². The van der Waals surface area contributed by atoms with Gasteiger partial charge in [-0.15, -0.1) is 0 Å². The highest BCUT2D eigenvalue weighted by Gasteiger charge is 2.50. The molecule has 8 nitrogen and oxygen atoms in total. The van der Waals surface area contributed by atoms with E-state index in [4.69, 9.17) is 5.73 Å². The lowest BCUT2D eigenvalue weighted by atomic mass is 9.87. The Bertz CT molecular complexity index is 1040. The first-order chi connectivity index (χ1) is 12.3. The van der Waals surface area contributed by atoms with Crippen LogP contribution in [0.15, 0.2) is 30.3 Å². The lowest BCUT2D eigenvalue weighted by molar-refractivity contribution is -0.129. The quantitative estimate of drug-likeness (QED) is 0.642. The molecule has 4 N–H and O–H groups in total. The first-order valence-electron chi connectivity index (χ1n) is 8.14. The monoisotopic (exact) mass is 350 g/mol. The second-order valence-corrected chi connectivity index (χ2v) is 6.42. The van der Waals surface area contributed by atoms with Gasteiger partial charge in [0.15, 0.2) is 0 Å². The second kappa shape index (κ2) is 5.37. The predicted octanol–water partition coefficient (Wildman–Crippen LogP) is 1.36. The highest BCUT2D eigenvalue weighted by atomic mass is 16.3. The van der Waals surface area contributed by atoms with Gasteiger partial charge < -0.3 is 16.2 Å². The Balaban J connectivity index is 1.95. The summed E-state index contributed by atoms with van der Waals surface area (Å²) in [6, 6.07) is 8.80. The van der Waals surface area contributed by atoms with Crippen LogP contribution >= 0.6 is 0 Å². The fourth-order valence-corrected chi connectivity index (χ4v) is 3.44. The van der Waals surface area contributed by atoms with Gasteiger partial charge in [0.1, 0.15) is 5.82 Å². The van der Waals surface area contributed by atoms with Crippen LogP contribution in [0.5, 0.6) is 0 Å². The lowest BCUT2D eigenvalue weighted by Gasteiger charge is -2.21. The number of fused-ring (bicyclic) bond motifs is 1. The molecule has 26 heavy (non-hydrogen) atoms. The van der Waals surface area contributed by atoms with Gasteiger partial charge in [-0.05, 0) is 32.9 Å². The number of hydrogen-bond acceptors (Lipinski definition) is 6. The molecule has 3 aromatic rings. The summed E-state index contributed by atoms with van der Waals surface area (Å²) in [4.78, 5) is 21.3. The van der Waals surface area contributed by atoms with Crippen LogP contribution in [0, 0.1) is 20.8 Å². The highest BCUT2D eigenvalue weighted by Crippen LogP contribution is 2.44. The summed E-state index contributed by atoms with van der Waals surface area (Å²) in [6.07, 6.45) is 0. The van der Waals surface area contributed by atoms with Crippen LogP contribution in [-0.4, -0.2) is 30.8 Å². The van der Waals surface area contributed by atoms with E-state index in [0.717, 1.165) is 11.4 Å². The van der Waals surface area contributed by atoms with Crippen molar-refractivity contribution in [2.45, 2.75) is 26.4 Å². The Morgan fingerprint density at radius 2 is 1.81 bits per heavy atom. The number of nitrogen functional groups attached to an aromatic ring is 1. The number of nitrogens with zero attached hydrogens (tertiary/aromatic N) is 4. The van der Waals surface area contributed by atoms with Gasteiger partial charge in [0.2, 0.25) is 5.60 Å². The standard InChI is InChI=1S/C18H18N6O2/c1-9-8-10(2)21-17(20-9)24-15(19)14(11(3)23-24)18(26)12-6-4-5-7-13(12)22-16(18)25/h4-8,26H,19H2,1-3H3,(H,22,25)/t18-/m0/s1. The van der Waals surface area contributed by atoms with Crippen molar-refractivity contribution in [2.75, 3.05) is 11.1 Å². The molecule has 3 heterocycles. The van der Waals surface area contributed by atoms with Crippen molar-refractivity contribution in [1.29, 1.82) is 0 Å². The summed E-state index contributed by atoms with van der Waals surface area (Å²) >= 11 is 0. The number of rotatable bonds is 2. The number of benzene rings is 1. The Morgan fingerprint density at radius 1 is 1.15 bits per heavy atom. The Kier molecular flexibility index (Phi) is 3.35. The minimum absolute atomic E-state index is 0.127. The molecule has 8 heteroatoms. The van der Waals surface area contributed by atoms with Gasteiger partial charge in [0, 0.05) is 22.6 Å². The maximum absolute atomic E-state index is 12.6. The molecule has 1 aliphatic heterocycles. The zero-order valence-corrected chi connectivity index (χ0v) is 14.6. The third-order valence-electron chi connectivity index (χ3n) is 4.51. The molecule has 0 bridgehead atoms. The average Bonchev–Trinajstić information content (AvgIpc) is 3.01. The molecule has 1 aromatic carbocycles. The molecule has 0 saturated carbocycles. The molecule has 0 aliphatic carbocycles. The largest absolute Gasteiger partial charge is 0.383 e. The van der Waals surface area contributed by atoms with Crippen LogP contribution in [0.1, 0.15) is 28.2 Å². The number of aromatic nitrogens is 4. The van der Waals surface area contributed by atoms with Crippen LogP contribution < -0.4 is 11.1 Å². The van der Waals surface area contributed by atoms with Crippen LogP contribution in [-0.2, 0) is 10.4 Å². The topological polar surface area (TPSA) is 119 Å². The zero-order valence-electron chi connectivity index (χ0n) is 14.6.